The van der Waals surface area contributed by atoms with Gasteiger partial charge in [-0.1, -0.05) is 19.9 Å². The Morgan fingerprint density at radius 3 is 2.92 bits per heavy atom. The van der Waals surface area contributed by atoms with Crippen molar-refractivity contribution in [1.29, 1.82) is 0 Å². The molecule has 1 aromatic rings. The van der Waals surface area contributed by atoms with Crippen LogP contribution in [-0.2, 0) is 6.42 Å². The molecule has 1 aromatic heterocycles. The van der Waals surface area contributed by atoms with Gasteiger partial charge >= 0.3 is 0 Å². The van der Waals surface area contributed by atoms with Crippen molar-refractivity contribution in [2.45, 2.75) is 26.7 Å². The van der Waals surface area contributed by atoms with Crippen LogP contribution in [0.15, 0.2) is 16.8 Å². The molecule has 0 saturated carbocycles. The molecule has 71 valence electrons. The molecule has 0 N–H and O–H groups in total. The van der Waals surface area contributed by atoms with Crippen molar-refractivity contribution in [3.05, 3.63) is 30.8 Å². The minimum absolute atomic E-state index is 0.679. The molecule has 0 bridgehead atoms. The van der Waals surface area contributed by atoms with Crippen LogP contribution < -0.4 is 0 Å². The first-order valence-electron chi connectivity index (χ1n) is 4.62. The normalized spacial score (nSPS) is 11.7. The van der Waals surface area contributed by atoms with Gasteiger partial charge in [0.15, 0.2) is 0 Å². The quantitative estimate of drug-likeness (QED) is 0.708. The van der Waals surface area contributed by atoms with E-state index in [9.17, 15) is 0 Å². The molecule has 0 amide bonds. The lowest BCUT2D eigenvalue weighted by atomic mass is 10.1. The van der Waals surface area contributed by atoms with Crippen molar-refractivity contribution >= 4 is 6.08 Å². The Kier molecular flexibility index (Phi) is 3.74. The molecule has 13 heavy (non-hydrogen) atoms. The molecule has 1 rings (SSSR count). The summed E-state index contributed by atoms with van der Waals surface area (Å²) in [4.78, 5) is 4.21. The molecule has 0 aliphatic heterocycles. The second kappa shape index (κ2) is 4.85. The molecule has 2 heteroatoms. The van der Waals surface area contributed by atoms with E-state index in [-0.39, 0.29) is 0 Å². The molecule has 0 spiro atoms. The van der Waals surface area contributed by atoms with Crippen LogP contribution >= 0.6 is 0 Å². The predicted octanol–water partition coefficient (Wildman–Crippen LogP) is 3.11. The standard InChI is InChI=1S/C11H16NO/c1-4-10-8-13-11(12-10)7-5-6-9(2)3/h5,7-9H,1,4,6H2,2-3H3. The van der Waals surface area contributed by atoms with Gasteiger partial charge in [-0.3, -0.25) is 0 Å². The Labute approximate surface area is 79.7 Å². The lowest BCUT2D eigenvalue weighted by Gasteiger charge is -1.94. The fourth-order valence-electron chi connectivity index (χ4n) is 0.955. The lowest BCUT2D eigenvalue weighted by Crippen LogP contribution is -1.82. The highest BCUT2D eigenvalue weighted by atomic mass is 16.3. The summed E-state index contributed by atoms with van der Waals surface area (Å²) in [5.74, 6) is 1.36. The van der Waals surface area contributed by atoms with Gasteiger partial charge in [-0.15, -0.1) is 0 Å². The molecular formula is C11H16NO. The molecular weight excluding hydrogens is 162 g/mol. The highest BCUT2D eigenvalue weighted by molar-refractivity contribution is 5.37. The first kappa shape index (κ1) is 10.0. The first-order valence-corrected chi connectivity index (χ1v) is 4.62. The topological polar surface area (TPSA) is 26.0 Å². The molecule has 0 unspecified atom stereocenters. The SMILES string of the molecule is [CH2]Cc1coc(C=CCC(C)C)n1. The van der Waals surface area contributed by atoms with Crippen molar-refractivity contribution < 1.29 is 4.42 Å². The summed E-state index contributed by atoms with van der Waals surface area (Å²) in [6.07, 6.45) is 7.40. The number of aromatic nitrogens is 1. The summed E-state index contributed by atoms with van der Waals surface area (Å²) in [5.41, 5.74) is 0.907. The molecule has 0 fully saturated rings. The van der Waals surface area contributed by atoms with E-state index in [0.29, 0.717) is 18.2 Å². The Hall–Kier alpha value is -1.05. The van der Waals surface area contributed by atoms with Gasteiger partial charge in [0.1, 0.15) is 6.26 Å². The Morgan fingerprint density at radius 2 is 2.38 bits per heavy atom. The predicted molar refractivity (Wildman–Crippen MR) is 54.1 cm³/mol. The van der Waals surface area contributed by atoms with Crippen LogP contribution in [0.2, 0.25) is 0 Å². The molecule has 2 nitrogen and oxygen atoms in total. The summed E-state index contributed by atoms with van der Waals surface area (Å²) in [6.45, 7) is 8.09. The van der Waals surface area contributed by atoms with Crippen LogP contribution in [0.5, 0.6) is 0 Å². The van der Waals surface area contributed by atoms with Crippen LogP contribution in [0.3, 0.4) is 0 Å². The van der Waals surface area contributed by atoms with Gasteiger partial charge in [-0.25, -0.2) is 4.98 Å². The molecule has 0 aliphatic carbocycles. The molecule has 0 saturated heterocycles. The number of oxazole rings is 1. The smallest absolute Gasteiger partial charge is 0.218 e. The van der Waals surface area contributed by atoms with Crippen LogP contribution in [0, 0.1) is 12.8 Å². The average molecular weight is 178 g/mol. The summed E-state index contributed by atoms with van der Waals surface area (Å²) >= 11 is 0. The van der Waals surface area contributed by atoms with E-state index in [1.807, 2.05) is 6.08 Å². The van der Waals surface area contributed by atoms with E-state index in [4.69, 9.17) is 4.42 Å². The third-order valence-corrected chi connectivity index (χ3v) is 1.69. The van der Waals surface area contributed by atoms with E-state index in [2.05, 4.69) is 31.8 Å². The zero-order valence-electron chi connectivity index (χ0n) is 8.29. The van der Waals surface area contributed by atoms with Crippen LogP contribution in [0.25, 0.3) is 6.08 Å². The minimum atomic E-state index is 0.679. The second-order valence-corrected chi connectivity index (χ2v) is 3.46. The monoisotopic (exact) mass is 178 g/mol. The van der Waals surface area contributed by atoms with Crippen molar-refractivity contribution in [2.24, 2.45) is 5.92 Å². The third-order valence-electron chi connectivity index (χ3n) is 1.69. The fraction of sp³-hybridized carbons (Fsp3) is 0.455. The maximum atomic E-state index is 5.20. The zero-order valence-corrected chi connectivity index (χ0v) is 8.29. The largest absolute Gasteiger partial charge is 0.445 e. The van der Waals surface area contributed by atoms with Crippen LogP contribution in [-0.4, -0.2) is 4.98 Å². The zero-order chi connectivity index (χ0) is 9.68. The Balaban J connectivity index is 2.48. The first-order chi connectivity index (χ1) is 6.22. The summed E-state index contributed by atoms with van der Waals surface area (Å²) in [7, 11) is 0. The highest BCUT2D eigenvalue weighted by Gasteiger charge is 1.97. The van der Waals surface area contributed by atoms with E-state index >= 15 is 0 Å². The molecule has 1 radical (unpaired) electrons. The average Bonchev–Trinajstić information content (AvgIpc) is 2.52. The second-order valence-electron chi connectivity index (χ2n) is 3.46. The summed E-state index contributed by atoms with van der Waals surface area (Å²) in [6, 6.07) is 0. The number of allylic oxidation sites excluding steroid dienone is 1. The molecule has 1 heterocycles. The summed E-state index contributed by atoms with van der Waals surface area (Å²) < 4.78 is 5.20. The van der Waals surface area contributed by atoms with Gasteiger partial charge in [0.25, 0.3) is 0 Å². The van der Waals surface area contributed by atoms with Gasteiger partial charge in [0.2, 0.25) is 5.89 Å². The van der Waals surface area contributed by atoms with Crippen molar-refractivity contribution in [2.75, 3.05) is 0 Å². The maximum Gasteiger partial charge on any atom is 0.218 e. The van der Waals surface area contributed by atoms with Crippen molar-refractivity contribution in [3.63, 3.8) is 0 Å². The third kappa shape index (κ3) is 3.45. The van der Waals surface area contributed by atoms with Gasteiger partial charge in [-0.05, 0) is 31.8 Å². The highest BCUT2D eigenvalue weighted by Crippen LogP contribution is 2.07. The van der Waals surface area contributed by atoms with Crippen LogP contribution in [0.4, 0.5) is 0 Å². The van der Waals surface area contributed by atoms with Crippen molar-refractivity contribution in [3.8, 4) is 0 Å². The van der Waals surface area contributed by atoms with Crippen LogP contribution in [0.1, 0.15) is 31.9 Å². The Morgan fingerprint density at radius 1 is 1.62 bits per heavy atom. The molecule has 0 aliphatic rings. The van der Waals surface area contributed by atoms with Gasteiger partial charge in [0.05, 0.1) is 5.69 Å². The Bertz CT molecular complexity index is 273. The van der Waals surface area contributed by atoms with E-state index in [0.717, 1.165) is 12.1 Å². The van der Waals surface area contributed by atoms with Crippen molar-refractivity contribution in [1.82, 2.24) is 4.98 Å². The number of hydrogen-bond acceptors (Lipinski definition) is 2. The molecule has 0 atom stereocenters. The van der Waals surface area contributed by atoms with E-state index in [1.54, 1.807) is 6.26 Å². The maximum absolute atomic E-state index is 5.20. The number of hydrogen-bond donors (Lipinski definition) is 0. The van der Waals surface area contributed by atoms with Gasteiger partial charge < -0.3 is 4.42 Å². The van der Waals surface area contributed by atoms with E-state index in [1.165, 1.54) is 0 Å². The van der Waals surface area contributed by atoms with E-state index < -0.39 is 0 Å². The minimum Gasteiger partial charge on any atom is -0.445 e. The van der Waals surface area contributed by atoms with Gasteiger partial charge in [0, 0.05) is 0 Å². The lowest BCUT2D eigenvalue weighted by molar-refractivity contribution is 0.545. The fourth-order valence-corrected chi connectivity index (χ4v) is 0.955. The molecule has 0 aromatic carbocycles. The number of nitrogens with zero attached hydrogens (tertiary/aromatic N) is 1. The van der Waals surface area contributed by atoms with Gasteiger partial charge in [-0.2, -0.15) is 0 Å². The summed E-state index contributed by atoms with van der Waals surface area (Å²) in [5, 5.41) is 0. The number of rotatable bonds is 4.